The summed E-state index contributed by atoms with van der Waals surface area (Å²) >= 11 is 1.60. The van der Waals surface area contributed by atoms with Crippen LogP contribution < -0.4 is 0 Å². The molecule has 1 heterocycles. The fourth-order valence-corrected chi connectivity index (χ4v) is 3.50. The van der Waals surface area contributed by atoms with Gasteiger partial charge in [-0.3, -0.25) is 0 Å². The van der Waals surface area contributed by atoms with Gasteiger partial charge in [0.2, 0.25) is 0 Å². The molecule has 3 heteroatoms. The number of aromatic nitrogens is 1. The van der Waals surface area contributed by atoms with E-state index in [-0.39, 0.29) is 0 Å². The SMILES string of the molecule is Cc1ccccc1Sc1nc2c(cc1C#N)CCCC2. The maximum Gasteiger partial charge on any atom is 0.119 e. The Hall–Kier alpha value is -1.79. The van der Waals surface area contributed by atoms with Gasteiger partial charge in [-0.2, -0.15) is 5.26 Å². The summed E-state index contributed by atoms with van der Waals surface area (Å²) in [6.45, 7) is 2.09. The third kappa shape index (κ3) is 2.57. The molecule has 0 spiro atoms. The van der Waals surface area contributed by atoms with Gasteiger partial charge in [0.15, 0.2) is 0 Å². The summed E-state index contributed by atoms with van der Waals surface area (Å²) in [5.74, 6) is 0. The number of rotatable bonds is 2. The minimum Gasteiger partial charge on any atom is -0.244 e. The zero-order chi connectivity index (χ0) is 13.9. The summed E-state index contributed by atoms with van der Waals surface area (Å²) < 4.78 is 0. The van der Waals surface area contributed by atoms with Gasteiger partial charge in [-0.05, 0) is 55.9 Å². The second kappa shape index (κ2) is 5.68. The molecule has 0 radical (unpaired) electrons. The molecule has 0 saturated carbocycles. The topological polar surface area (TPSA) is 36.7 Å². The molecule has 1 aromatic carbocycles. The van der Waals surface area contributed by atoms with Crippen LogP contribution in [0.1, 0.15) is 35.2 Å². The van der Waals surface area contributed by atoms with Crippen LogP contribution in [0.4, 0.5) is 0 Å². The predicted octanol–water partition coefficient (Wildman–Crippen LogP) is 4.29. The Morgan fingerprint density at radius 3 is 2.80 bits per heavy atom. The van der Waals surface area contributed by atoms with Crippen LogP contribution in [0.15, 0.2) is 40.3 Å². The highest BCUT2D eigenvalue weighted by Gasteiger charge is 2.16. The summed E-state index contributed by atoms with van der Waals surface area (Å²) in [6, 6.07) is 12.6. The van der Waals surface area contributed by atoms with Crippen LogP contribution in [0.25, 0.3) is 0 Å². The van der Waals surface area contributed by atoms with Crippen LogP contribution >= 0.6 is 11.8 Å². The molecule has 0 amide bonds. The molecule has 0 fully saturated rings. The van der Waals surface area contributed by atoms with Crippen molar-refractivity contribution in [2.75, 3.05) is 0 Å². The second-order valence-electron chi connectivity index (χ2n) is 5.13. The van der Waals surface area contributed by atoms with E-state index in [4.69, 9.17) is 4.98 Å². The molecule has 2 nitrogen and oxygen atoms in total. The molecule has 0 saturated heterocycles. The quantitative estimate of drug-likeness (QED) is 0.823. The minimum atomic E-state index is 0.707. The van der Waals surface area contributed by atoms with Gasteiger partial charge in [0.1, 0.15) is 11.1 Å². The van der Waals surface area contributed by atoms with E-state index in [1.165, 1.54) is 34.6 Å². The predicted molar refractivity (Wildman–Crippen MR) is 80.9 cm³/mol. The van der Waals surface area contributed by atoms with E-state index < -0.39 is 0 Å². The molecule has 100 valence electrons. The van der Waals surface area contributed by atoms with Crippen molar-refractivity contribution in [3.05, 3.63) is 52.7 Å². The molecule has 1 aliphatic carbocycles. The van der Waals surface area contributed by atoms with Crippen LogP contribution in [0, 0.1) is 18.3 Å². The molecule has 0 atom stereocenters. The van der Waals surface area contributed by atoms with Gasteiger partial charge in [0, 0.05) is 10.6 Å². The third-order valence-electron chi connectivity index (χ3n) is 3.69. The lowest BCUT2D eigenvalue weighted by Gasteiger charge is -2.16. The third-order valence-corrected chi connectivity index (χ3v) is 4.87. The molecular formula is C17H16N2S. The summed E-state index contributed by atoms with van der Waals surface area (Å²) in [7, 11) is 0. The molecule has 1 aliphatic rings. The molecule has 0 aliphatic heterocycles. The summed E-state index contributed by atoms with van der Waals surface area (Å²) in [4.78, 5) is 5.93. The first-order valence-corrected chi connectivity index (χ1v) is 7.76. The number of fused-ring (bicyclic) bond motifs is 1. The van der Waals surface area contributed by atoms with Crippen molar-refractivity contribution >= 4 is 11.8 Å². The smallest absolute Gasteiger partial charge is 0.119 e. The second-order valence-corrected chi connectivity index (χ2v) is 6.16. The van der Waals surface area contributed by atoms with E-state index >= 15 is 0 Å². The van der Waals surface area contributed by atoms with Crippen LogP contribution in [0.2, 0.25) is 0 Å². The number of aryl methyl sites for hydroxylation is 3. The Morgan fingerprint density at radius 2 is 2.00 bits per heavy atom. The maximum atomic E-state index is 9.36. The van der Waals surface area contributed by atoms with Crippen molar-refractivity contribution in [1.29, 1.82) is 5.26 Å². The van der Waals surface area contributed by atoms with Crippen molar-refractivity contribution in [2.45, 2.75) is 42.5 Å². The van der Waals surface area contributed by atoms with Gasteiger partial charge in [-0.25, -0.2) is 4.98 Å². The Morgan fingerprint density at radius 1 is 1.20 bits per heavy atom. The van der Waals surface area contributed by atoms with Crippen molar-refractivity contribution < 1.29 is 0 Å². The molecule has 0 N–H and O–H groups in total. The number of nitriles is 1. The normalized spacial score (nSPS) is 13.6. The van der Waals surface area contributed by atoms with Crippen LogP contribution in [0.3, 0.4) is 0 Å². The highest BCUT2D eigenvalue weighted by molar-refractivity contribution is 7.99. The fraction of sp³-hybridized carbons (Fsp3) is 0.294. The zero-order valence-electron chi connectivity index (χ0n) is 11.5. The van der Waals surface area contributed by atoms with E-state index in [1.807, 2.05) is 18.2 Å². The van der Waals surface area contributed by atoms with Gasteiger partial charge in [0.25, 0.3) is 0 Å². The fourth-order valence-electron chi connectivity index (χ4n) is 2.55. The van der Waals surface area contributed by atoms with Crippen molar-refractivity contribution in [2.24, 2.45) is 0 Å². The lowest BCUT2D eigenvalue weighted by molar-refractivity contribution is 0.660. The first-order chi connectivity index (χ1) is 9.78. The van der Waals surface area contributed by atoms with Crippen LogP contribution in [-0.4, -0.2) is 4.98 Å². The van der Waals surface area contributed by atoms with Gasteiger partial charge in [0.05, 0.1) is 5.56 Å². The Bertz CT molecular complexity index is 686. The van der Waals surface area contributed by atoms with E-state index in [2.05, 4.69) is 25.1 Å². The summed E-state index contributed by atoms with van der Waals surface area (Å²) in [5, 5.41) is 10.2. The molecular weight excluding hydrogens is 264 g/mol. The molecule has 0 bridgehead atoms. The summed E-state index contributed by atoms with van der Waals surface area (Å²) in [6.07, 6.45) is 4.53. The van der Waals surface area contributed by atoms with E-state index in [1.54, 1.807) is 11.8 Å². The first-order valence-electron chi connectivity index (χ1n) is 6.94. The van der Waals surface area contributed by atoms with E-state index in [0.717, 1.165) is 17.9 Å². The number of pyridine rings is 1. The number of hydrogen-bond acceptors (Lipinski definition) is 3. The molecule has 20 heavy (non-hydrogen) atoms. The van der Waals surface area contributed by atoms with E-state index in [9.17, 15) is 5.26 Å². The van der Waals surface area contributed by atoms with Crippen molar-refractivity contribution in [3.8, 4) is 6.07 Å². The Balaban J connectivity index is 2.01. The summed E-state index contributed by atoms with van der Waals surface area (Å²) in [5.41, 5.74) is 4.38. The van der Waals surface area contributed by atoms with Gasteiger partial charge < -0.3 is 0 Å². The molecule has 3 rings (SSSR count). The zero-order valence-corrected chi connectivity index (χ0v) is 12.3. The lowest BCUT2D eigenvalue weighted by Crippen LogP contribution is -2.07. The number of hydrogen-bond donors (Lipinski definition) is 0. The Labute approximate surface area is 123 Å². The van der Waals surface area contributed by atoms with E-state index in [0.29, 0.717) is 5.56 Å². The first kappa shape index (κ1) is 13.2. The van der Waals surface area contributed by atoms with Crippen molar-refractivity contribution in [3.63, 3.8) is 0 Å². The number of nitrogens with zero attached hydrogens (tertiary/aromatic N) is 2. The molecule has 0 unspecified atom stereocenters. The highest BCUT2D eigenvalue weighted by Crippen LogP contribution is 2.33. The number of benzene rings is 1. The minimum absolute atomic E-state index is 0.707. The maximum absolute atomic E-state index is 9.36. The highest BCUT2D eigenvalue weighted by atomic mass is 32.2. The average Bonchev–Trinajstić information content (AvgIpc) is 2.49. The standard InChI is InChI=1S/C17H16N2S/c1-12-6-2-5-9-16(12)20-17-14(11-18)10-13-7-3-4-8-15(13)19-17/h2,5-6,9-10H,3-4,7-8H2,1H3. The molecule has 2 aromatic rings. The van der Waals surface area contributed by atoms with Crippen LogP contribution in [0.5, 0.6) is 0 Å². The lowest BCUT2D eigenvalue weighted by atomic mass is 9.95. The van der Waals surface area contributed by atoms with Gasteiger partial charge in [-0.1, -0.05) is 30.0 Å². The molecule has 1 aromatic heterocycles. The van der Waals surface area contributed by atoms with Gasteiger partial charge in [-0.15, -0.1) is 0 Å². The largest absolute Gasteiger partial charge is 0.244 e. The average molecular weight is 280 g/mol. The van der Waals surface area contributed by atoms with Crippen molar-refractivity contribution in [1.82, 2.24) is 4.98 Å². The monoisotopic (exact) mass is 280 g/mol. The van der Waals surface area contributed by atoms with Crippen LogP contribution in [-0.2, 0) is 12.8 Å². The Kier molecular flexibility index (Phi) is 3.75. The van der Waals surface area contributed by atoms with Gasteiger partial charge >= 0.3 is 0 Å².